The highest BCUT2D eigenvalue weighted by Gasteiger charge is 2.26. The molecule has 2 rings (SSSR count). The van der Waals surface area contributed by atoms with Crippen molar-refractivity contribution in [3.63, 3.8) is 0 Å². The van der Waals surface area contributed by atoms with Crippen LogP contribution in [0.5, 0.6) is 0 Å². The summed E-state index contributed by atoms with van der Waals surface area (Å²) in [5, 5.41) is 0. The van der Waals surface area contributed by atoms with Crippen molar-refractivity contribution in [2.75, 3.05) is 13.1 Å². The number of hydrogen-bond acceptors (Lipinski definition) is 3. The lowest BCUT2D eigenvalue weighted by atomic mass is 9.89. The summed E-state index contributed by atoms with van der Waals surface area (Å²) in [5.41, 5.74) is 5.94. The normalized spacial score (nSPS) is 25.6. The quantitative estimate of drug-likeness (QED) is 0.826. The Kier molecular flexibility index (Phi) is 5.69. The minimum Gasteiger partial charge on any atom is -0.329 e. The molecule has 2 nitrogen and oxygen atoms in total. The van der Waals surface area contributed by atoms with E-state index in [9.17, 15) is 0 Å². The summed E-state index contributed by atoms with van der Waals surface area (Å²) in [7, 11) is 0. The Bertz CT molecular complexity index is 375. The van der Waals surface area contributed by atoms with E-state index in [1.54, 1.807) is 0 Å². The molecule has 0 saturated carbocycles. The van der Waals surface area contributed by atoms with Crippen LogP contribution in [-0.4, -0.2) is 24.0 Å². The summed E-state index contributed by atoms with van der Waals surface area (Å²) in [6.07, 6.45) is 3.88. The molecule has 1 fully saturated rings. The zero-order valence-electron chi connectivity index (χ0n) is 10.7. The van der Waals surface area contributed by atoms with Crippen molar-refractivity contribution in [1.82, 2.24) is 4.90 Å². The molecule has 1 saturated heterocycles. The average molecular weight is 396 g/mol. The molecule has 0 amide bonds. The molecule has 0 aromatic carbocycles. The van der Waals surface area contributed by atoms with Crippen molar-refractivity contribution < 1.29 is 0 Å². The minimum absolute atomic E-state index is 0.559. The van der Waals surface area contributed by atoms with Crippen LogP contribution in [0.15, 0.2) is 14.3 Å². The van der Waals surface area contributed by atoms with Gasteiger partial charge in [0, 0.05) is 28.5 Å². The van der Waals surface area contributed by atoms with Gasteiger partial charge >= 0.3 is 0 Å². The molecular weight excluding hydrogens is 376 g/mol. The maximum Gasteiger partial charge on any atom is 0.0843 e. The summed E-state index contributed by atoms with van der Waals surface area (Å²) in [5.74, 6) is 0.872. The zero-order chi connectivity index (χ0) is 13.1. The average Bonchev–Trinajstić information content (AvgIpc) is 2.69. The highest BCUT2D eigenvalue weighted by molar-refractivity contribution is 9.13. The van der Waals surface area contributed by atoms with Crippen molar-refractivity contribution in [1.29, 1.82) is 0 Å². The van der Waals surface area contributed by atoms with Crippen molar-refractivity contribution in [3.05, 3.63) is 19.2 Å². The molecule has 1 aliphatic rings. The predicted octanol–water partition coefficient (Wildman–Crippen LogP) is 4.22. The van der Waals surface area contributed by atoms with Gasteiger partial charge in [-0.25, -0.2) is 0 Å². The van der Waals surface area contributed by atoms with Gasteiger partial charge in [0.25, 0.3) is 0 Å². The van der Waals surface area contributed by atoms with E-state index in [1.807, 2.05) is 11.3 Å². The number of nitrogens with zero attached hydrogens (tertiary/aromatic N) is 1. The van der Waals surface area contributed by atoms with Gasteiger partial charge in [0.05, 0.1) is 3.79 Å². The maximum absolute atomic E-state index is 5.94. The summed E-state index contributed by atoms with van der Waals surface area (Å²) in [6, 6.07) is 2.78. The van der Waals surface area contributed by atoms with Crippen LogP contribution in [0.4, 0.5) is 0 Å². The molecule has 2 atom stereocenters. The van der Waals surface area contributed by atoms with Crippen molar-refractivity contribution in [3.8, 4) is 0 Å². The SMILES string of the molecule is CCC1CCN(Cc2cc(Br)c(Br)s2)C(CN)C1. The molecule has 0 bridgehead atoms. The largest absolute Gasteiger partial charge is 0.329 e. The van der Waals surface area contributed by atoms with Crippen LogP contribution in [0.2, 0.25) is 0 Å². The monoisotopic (exact) mass is 394 g/mol. The minimum atomic E-state index is 0.559. The number of piperidine rings is 1. The Morgan fingerprint density at radius 2 is 2.28 bits per heavy atom. The van der Waals surface area contributed by atoms with E-state index >= 15 is 0 Å². The topological polar surface area (TPSA) is 29.3 Å². The lowest BCUT2D eigenvalue weighted by Crippen LogP contribution is -2.45. The molecule has 2 N–H and O–H groups in total. The fourth-order valence-corrected chi connectivity index (χ4v) is 4.88. The van der Waals surface area contributed by atoms with E-state index in [0.29, 0.717) is 6.04 Å². The van der Waals surface area contributed by atoms with E-state index < -0.39 is 0 Å². The van der Waals surface area contributed by atoms with Crippen molar-refractivity contribution in [2.45, 2.75) is 38.8 Å². The number of nitrogens with two attached hydrogens (primary N) is 1. The van der Waals surface area contributed by atoms with Gasteiger partial charge < -0.3 is 5.73 Å². The van der Waals surface area contributed by atoms with E-state index in [4.69, 9.17) is 5.73 Å². The van der Waals surface area contributed by atoms with E-state index in [-0.39, 0.29) is 0 Å². The molecule has 5 heteroatoms. The summed E-state index contributed by atoms with van der Waals surface area (Å²) in [4.78, 5) is 3.96. The molecule has 0 aliphatic carbocycles. The lowest BCUT2D eigenvalue weighted by Gasteiger charge is -2.38. The molecule has 1 aliphatic heterocycles. The molecule has 102 valence electrons. The summed E-state index contributed by atoms with van der Waals surface area (Å²) in [6.45, 7) is 5.30. The Morgan fingerprint density at radius 3 is 2.83 bits per heavy atom. The number of thiophene rings is 1. The van der Waals surface area contributed by atoms with Crippen LogP contribution >= 0.6 is 43.2 Å². The van der Waals surface area contributed by atoms with Gasteiger partial charge in [-0.1, -0.05) is 13.3 Å². The third kappa shape index (κ3) is 3.57. The van der Waals surface area contributed by atoms with E-state index in [0.717, 1.165) is 23.5 Å². The van der Waals surface area contributed by atoms with Crippen LogP contribution < -0.4 is 5.73 Å². The second-order valence-corrected chi connectivity index (χ2v) is 8.30. The number of halogens is 2. The van der Waals surface area contributed by atoms with Crippen molar-refractivity contribution in [2.24, 2.45) is 11.7 Å². The number of rotatable bonds is 4. The predicted molar refractivity (Wildman–Crippen MR) is 86.0 cm³/mol. The first-order chi connectivity index (χ1) is 8.63. The van der Waals surface area contributed by atoms with Gasteiger partial charge in [-0.05, 0) is 63.2 Å². The van der Waals surface area contributed by atoms with Gasteiger partial charge in [0.2, 0.25) is 0 Å². The molecule has 1 aromatic heterocycles. The maximum atomic E-state index is 5.94. The molecule has 2 heterocycles. The van der Waals surface area contributed by atoms with Crippen LogP contribution in [0.3, 0.4) is 0 Å². The van der Waals surface area contributed by atoms with Crippen molar-refractivity contribution >= 4 is 43.2 Å². The Hall–Kier alpha value is 0.580. The van der Waals surface area contributed by atoms with Gasteiger partial charge in [0.1, 0.15) is 0 Å². The second-order valence-electron chi connectivity index (χ2n) is 4.99. The molecule has 0 spiro atoms. The Balaban J connectivity index is 1.99. The van der Waals surface area contributed by atoms with Crippen LogP contribution in [-0.2, 0) is 6.54 Å². The van der Waals surface area contributed by atoms with Gasteiger partial charge in [0.15, 0.2) is 0 Å². The van der Waals surface area contributed by atoms with E-state index in [2.05, 4.69) is 49.7 Å². The Morgan fingerprint density at radius 1 is 1.50 bits per heavy atom. The molecule has 18 heavy (non-hydrogen) atoms. The third-order valence-electron chi connectivity index (χ3n) is 3.85. The van der Waals surface area contributed by atoms with E-state index in [1.165, 1.54) is 34.5 Å². The number of likely N-dealkylation sites (tertiary alicyclic amines) is 1. The van der Waals surface area contributed by atoms with Crippen LogP contribution in [0, 0.1) is 5.92 Å². The summed E-state index contributed by atoms with van der Waals surface area (Å²) < 4.78 is 2.35. The first-order valence-corrected chi connectivity index (χ1v) is 8.92. The smallest absolute Gasteiger partial charge is 0.0843 e. The highest BCUT2D eigenvalue weighted by Crippen LogP contribution is 2.34. The first kappa shape index (κ1) is 15.0. The van der Waals surface area contributed by atoms with Gasteiger partial charge in [-0.3, -0.25) is 4.90 Å². The fourth-order valence-electron chi connectivity index (χ4n) is 2.68. The molecule has 2 unspecified atom stereocenters. The fraction of sp³-hybridized carbons (Fsp3) is 0.692. The van der Waals surface area contributed by atoms with Crippen LogP contribution in [0.1, 0.15) is 31.1 Å². The second kappa shape index (κ2) is 6.84. The Labute approximate surface area is 130 Å². The first-order valence-electron chi connectivity index (χ1n) is 6.51. The molecule has 1 aromatic rings. The standard InChI is InChI=1S/C13H20Br2N2S/c1-2-9-3-4-17(10(5-9)7-16)8-11-6-12(14)13(15)18-11/h6,9-10H,2-5,7-8,16H2,1H3. The van der Waals surface area contributed by atoms with Gasteiger partial charge in [-0.2, -0.15) is 0 Å². The zero-order valence-corrected chi connectivity index (χ0v) is 14.7. The summed E-state index contributed by atoms with van der Waals surface area (Å²) >= 11 is 8.93. The molecular formula is C13H20Br2N2S. The number of hydrogen-bond donors (Lipinski definition) is 1. The highest BCUT2D eigenvalue weighted by atomic mass is 79.9. The third-order valence-corrected chi connectivity index (χ3v) is 7.09. The van der Waals surface area contributed by atoms with Crippen LogP contribution in [0.25, 0.3) is 0 Å². The lowest BCUT2D eigenvalue weighted by molar-refractivity contribution is 0.108. The van der Waals surface area contributed by atoms with Gasteiger partial charge in [-0.15, -0.1) is 11.3 Å². The molecule has 0 radical (unpaired) electrons.